The second-order valence-electron chi connectivity index (χ2n) is 4.95. The summed E-state index contributed by atoms with van der Waals surface area (Å²) in [6.45, 7) is 2.74. The van der Waals surface area contributed by atoms with Crippen molar-refractivity contribution in [3.8, 4) is 5.75 Å². The molecule has 0 aromatic heterocycles. The predicted molar refractivity (Wildman–Crippen MR) is 69.5 cm³/mol. The Kier molecular flexibility index (Phi) is 3.61. The van der Waals surface area contributed by atoms with Crippen molar-refractivity contribution in [3.63, 3.8) is 0 Å². The first-order valence-electron chi connectivity index (χ1n) is 6.27. The molecule has 1 aliphatic rings. The summed E-state index contributed by atoms with van der Waals surface area (Å²) in [4.78, 5) is 0. The average molecular weight is 251 g/mol. The fraction of sp³-hybridized carbons (Fsp3) is 0.571. The standard InChI is InChI=1S/C14H21NO3/c1-13(11-4-6-12(17-2)7-5-11)14(16,10-15)8-3-9-18-13/h4-7,16H,3,8-10,15H2,1-2H3. The van der Waals surface area contributed by atoms with Gasteiger partial charge in [-0.1, -0.05) is 12.1 Å². The maximum atomic E-state index is 10.7. The Morgan fingerprint density at radius 2 is 2.06 bits per heavy atom. The van der Waals surface area contributed by atoms with E-state index in [1.54, 1.807) is 7.11 Å². The van der Waals surface area contributed by atoms with E-state index in [4.69, 9.17) is 15.2 Å². The van der Waals surface area contributed by atoms with E-state index >= 15 is 0 Å². The first-order valence-corrected chi connectivity index (χ1v) is 6.27. The fourth-order valence-electron chi connectivity index (χ4n) is 2.57. The first-order chi connectivity index (χ1) is 8.55. The van der Waals surface area contributed by atoms with Gasteiger partial charge >= 0.3 is 0 Å². The summed E-state index contributed by atoms with van der Waals surface area (Å²) in [7, 11) is 1.63. The van der Waals surface area contributed by atoms with Crippen molar-refractivity contribution >= 4 is 0 Å². The minimum absolute atomic E-state index is 0.190. The van der Waals surface area contributed by atoms with Crippen LogP contribution < -0.4 is 10.5 Å². The molecule has 0 saturated carbocycles. The second-order valence-corrected chi connectivity index (χ2v) is 4.95. The van der Waals surface area contributed by atoms with Crippen LogP contribution in [-0.4, -0.2) is 31.0 Å². The number of rotatable bonds is 3. The number of hydrogen-bond donors (Lipinski definition) is 2. The van der Waals surface area contributed by atoms with Crippen molar-refractivity contribution < 1.29 is 14.6 Å². The average Bonchev–Trinajstić information content (AvgIpc) is 2.42. The summed E-state index contributed by atoms with van der Waals surface area (Å²) in [6, 6.07) is 7.58. The third kappa shape index (κ3) is 2.00. The van der Waals surface area contributed by atoms with Crippen molar-refractivity contribution in [1.29, 1.82) is 0 Å². The van der Waals surface area contributed by atoms with E-state index in [9.17, 15) is 5.11 Å². The molecule has 18 heavy (non-hydrogen) atoms. The molecule has 0 spiro atoms. The van der Waals surface area contributed by atoms with Crippen LogP contribution >= 0.6 is 0 Å². The van der Waals surface area contributed by atoms with Crippen LogP contribution in [0.3, 0.4) is 0 Å². The van der Waals surface area contributed by atoms with E-state index in [0.717, 1.165) is 17.7 Å². The lowest BCUT2D eigenvalue weighted by Crippen LogP contribution is -2.58. The van der Waals surface area contributed by atoms with E-state index in [1.807, 2.05) is 31.2 Å². The van der Waals surface area contributed by atoms with Crippen molar-refractivity contribution in [2.24, 2.45) is 5.73 Å². The van der Waals surface area contributed by atoms with E-state index in [0.29, 0.717) is 13.0 Å². The summed E-state index contributed by atoms with van der Waals surface area (Å²) in [6.07, 6.45) is 1.49. The maximum absolute atomic E-state index is 10.7. The van der Waals surface area contributed by atoms with Crippen LogP contribution in [-0.2, 0) is 10.3 Å². The Hall–Kier alpha value is -1.10. The predicted octanol–water partition coefficient (Wildman–Crippen LogP) is 1.41. The van der Waals surface area contributed by atoms with Gasteiger partial charge in [0.1, 0.15) is 17.0 Å². The summed E-state index contributed by atoms with van der Waals surface area (Å²) < 4.78 is 11.0. The van der Waals surface area contributed by atoms with Crippen molar-refractivity contribution in [2.45, 2.75) is 31.0 Å². The topological polar surface area (TPSA) is 64.7 Å². The van der Waals surface area contributed by atoms with Crippen LogP contribution in [0.5, 0.6) is 5.75 Å². The van der Waals surface area contributed by atoms with Gasteiger partial charge in [0.15, 0.2) is 0 Å². The third-order valence-electron chi connectivity index (χ3n) is 3.99. The molecule has 2 rings (SSSR count). The molecule has 2 atom stereocenters. The van der Waals surface area contributed by atoms with Crippen molar-refractivity contribution in [2.75, 3.05) is 20.3 Å². The minimum Gasteiger partial charge on any atom is -0.497 e. The van der Waals surface area contributed by atoms with Gasteiger partial charge in [0.2, 0.25) is 0 Å². The molecule has 100 valence electrons. The van der Waals surface area contributed by atoms with Crippen LogP contribution in [0, 0.1) is 0 Å². The van der Waals surface area contributed by atoms with E-state index in [1.165, 1.54) is 0 Å². The molecule has 1 heterocycles. The third-order valence-corrected chi connectivity index (χ3v) is 3.99. The largest absolute Gasteiger partial charge is 0.497 e. The highest BCUT2D eigenvalue weighted by Crippen LogP contribution is 2.42. The van der Waals surface area contributed by atoms with Gasteiger partial charge in [-0.05, 0) is 37.5 Å². The Bertz CT molecular complexity index is 406. The zero-order valence-corrected chi connectivity index (χ0v) is 11.0. The van der Waals surface area contributed by atoms with Crippen molar-refractivity contribution in [1.82, 2.24) is 0 Å². The van der Waals surface area contributed by atoms with Gasteiger partial charge in [0.05, 0.1) is 7.11 Å². The Labute approximate surface area is 108 Å². The molecule has 1 aromatic rings. The maximum Gasteiger partial charge on any atom is 0.120 e. The molecule has 2 unspecified atom stereocenters. The lowest BCUT2D eigenvalue weighted by molar-refractivity contribution is -0.208. The highest BCUT2D eigenvalue weighted by atomic mass is 16.5. The molecule has 3 N–H and O–H groups in total. The van der Waals surface area contributed by atoms with Gasteiger partial charge in [-0.3, -0.25) is 0 Å². The van der Waals surface area contributed by atoms with Crippen LogP contribution in [0.4, 0.5) is 0 Å². The lowest BCUT2D eigenvalue weighted by atomic mass is 9.74. The quantitative estimate of drug-likeness (QED) is 0.852. The van der Waals surface area contributed by atoms with Crippen LogP contribution in [0.2, 0.25) is 0 Å². The van der Waals surface area contributed by atoms with Gasteiger partial charge in [0.25, 0.3) is 0 Å². The first kappa shape index (κ1) is 13.3. The molecule has 4 nitrogen and oxygen atoms in total. The number of ether oxygens (including phenoxy) is 2. The van der Waals surface area contributed by atoms with Gasteiger partial charge < -0.3 is 20.3 Å². The number of benzene rings is 1. The number of methoxy groups -OCH3 is 1. The molecule has 4 heteroatoms. The second kappa shape index (κ2) is 4.88. The highest BCUT2D eigenvalue weighted by molar-refractivity contribution is 5.33. The minimum atomic E-state index is -1.01. The van der Waals surface area contributed by atoms with Gasteiger partial charge in [-0.15, -0.1) is 0 Å². The van der Waals surface area contributed by atoms with Gasteiger partial charge in [-0.2, -0.15) is 0 Å². The number of aliphatic hydroxyl groups is 1. The van der Waals surface area contributed by atoms with E-state index in [-0.39, 0.29) is 6.54 Å². The zero-order valence-electron chi connectivity index (χ0n) is 11.0. The molecule has 1 aliphatic heterocycles. The molecule has 0 amide bonds. The Morgan fingerprint density at radius 3 is 2.61 bits per heavy atom. The summed E-state index contributed by atoms with van der Waals surface area (Å²) >= 11 is 0. The molecule has 1 fully saturated rings. The molecule has 0 radical (unpaired) electrons. The fourth-order valence-corrected chi connectivity index (χ4v) is 2.57. The Balaban J connectivity index is 2.37. The molecule has 0 bridgehead atoms. The molecule has 1 aromatic carbocycles. The molecular weight excluding hydrogens is 230 g/mol. The van der Waals surface area contributed by atoms with E-state index in [2.05, 4.69) is 0 Å². The van der Waals surface area contributed by atoms with Crippen LogP contribution in [0.25, 0.3) is 0 Å². The SMILES string of the molecule is COc1ccc(C2(C)OCCCC2(O)CN)cc1. The normalized spacial score (nSPS) is 32.2. The monoisotopic (exact) mass is 251 g/mol. The highest BCUT2D eigenvalue weighted by Gasteiger charge is 2.50. The van der Waals surface area contributed by atoms with Gasteiger partial charge in [-0.25, -0.2) is 0 Å². The number of nitrogens with two attached hydrogens (primary N) is 1. The molecular formula is C14H21NO3. The molecule has 0 aliphatic carbocycles. The van der Waals surface area contributed by atoms with Gasteiger partial charge in [0, 0.05) is 13.2 Å². The lowest BCUT2D eigenvalue weighted by Gasteiger charge is -2.48. The smallest absolute Gasteiger partial charge is 0.120 e. The zero-order chi connectivity index (χ0) is 13.2. The molecule has 1 saturated heterocycles. The summed E-state index contributed by atoms with van der Waals surface area (Å²) in [5.41, 5.74) is 4.91. The summed E-state index contributed by atoms with van der Waals surface area (Å²) in [5.74, 6) is 0.787. The number of hydrogen-bond acceptors (Lipinski definition) is 4. The summed E-state index contributed by atoms with van der Waals surface area (Å²) in [5, 5.41) is 10.7. The van der Waals surface area contributed by atoms with Crippen molar-refractivity contribution in [3.05, 3.63) is 29.8 Å². The van der Waals surface area contributed by atoms with E-state index < -0.39 is 11.2 Å². The van der Waals surface area contributed by atoms with Crippen LogP contribution in [0.15, 0.2) is 24.3 Å². The Morgan fingerprint density at radius 1 is 1.39 bits per heavy atom. The van der Waals surface area contributed by atoms with Crippen LogP contribution in [0.1, 0.15) is 25.3 Å².